The Morgan fingerprint density at radius 3 is 1.78 bits per heavy atom. The average Bonchev–Trinajstić information content (AvgIpc) is 2.10. The molecule has 0 radical (unpaired) electrons. The van der Waals surface area contributed by atoms with E-state index >= 15 is 0 Å². The number of rotatable bonds is 6. The highest BCUT2D eigenvalue weighted by Crippen LogP contribution is 2.37. The van der Waals surface area contributed by atoms with Crippen LogP contribution in [0.5, 0.6) is 0 Å². The van der Waals surface area contributed by atoms with Gasteiger partial charge in [0.1, 0.15) is 0 Å². The largest absolute Gasteiger partial charge is 0.416 e. The van der Waals surface area contributed by atoms with Crippen molar-refractivity contribution >= 4 is 18.4 Å². The van der Waals surface area contributed by atoms with E-state index in [0.29, 0.717) is 6.61 Å². The summed E-state index contributed by atoms with van der Waals surface area (Å²) in [5.74, 6) is 0. The summed E-state index contributed by atoms with van der Waals surface area (Å²) in [6.07, 6.45) is 1.07. The standard InChI is InChI=1S/C12H28O4SSi/c1-11(2,3)18(7,8)16-10-12(4,5)9-15-17(6,13)14/h9-10H2,1-8H3. The zero-order valence-electron chi connectivity index (χ0n) is 13.0. The fourth-order valence-corrected chi connectivity index (χ4v) is 2.62. The third-order valence-electron chi connectivity index (χ3n) is 3.29. The van der Waals surface area contributed by atoms with E-state index in [2.05, 4.69) is 33.9 Å². The summed E-state index contributed by atoms with van der Waals surface area (Å²) >= 11 is 0. The Hall–Kier alpha value is 0.0869. The molecule has 0 fully saturated rings. The molecule has 0 saturated heterocycles. The highest BCUT2D eigenvalue weighted by molar-refractivity contribution is 7.85. The highest BCUT2D eigenvalue weighted by Gasteiger charge is 2.38. The molecule has 110 valence electrons. The van der Waals surface area contributed by atoms with Crippen molar-refractivity contribution in [2.24, 2.45) is 5.41 Å². The van der Waals surface area contributed by atoms with Gasteiger partial charge in [0.15, 0.2) is 8.32 Å². The minimum absolute atomic E-state index is 0.153. The molecular formula is C12H28O4SSi. The Bertz CT molecular complexity index is 366. The Labute approximate surface area is 113 Å². The van der Waals surface area contributed by atoms with Crippen LogP contribution in [0.25, 0.3) is 0 Å². The van der Waals surface area contributed by atoms with E-state index in [1.807, 2.05) is 13.8 Å². The van der Waals surface area contributed by atoms with Crippen LogP contribution in [0.1, 0.15) is 34.6 Å². The molecule has 0 aromatic rings. The van der Waals surface area contributed by atoms with Gasteiger partial charge in [-0.1, -0.05) is 34.6 Å². The maximum absolute atomic E-state index is 11.0. The first kappa shape index (κ1) is 18.1. The van der Waals surface area contributed by atoms with Gasteiger partial charge in [0, 0.05) is 12.0 Å². The minimum Gasteiger partial charge on any atom is -0.416 e. The topological polar surface area (TPSA) is 52.6 Å². The lowest BCUT2D eigenvalue weighted by Crippen LogP contribution is -2.43. The fraction of sp³-hybridized carbons (Fsp3) is 1.00. The monoisotopic (exact) mass is 296 g/mol. The van der Waals surface area contributed by atoms with E-state index in [0.717, 1.165) is 6.26 Å². The maximum atomic E-state index is 11.0. The van der Waals surface area contributed by atoms with Crippen LogP contribution in [-0.2, 0) is 18.7 Å². The SMILES string of the molecule is CC(C)(CO[Si](C)(C)C(C)(C)C)COS(C)(=O)=O. The summed E-state index contributed by atoms with van der Waals surface area (Å²) < 4.78 is 32.9. The molecule has 0 bridgehead atoms. The first-order valence-electron chi connectivity index (χ1n) is 6.15. The molecule has 0 aromatic carbocycles. The second kappa shape index (κ2) is 5.61. The van der Waals surface area contributed by atoms with Crippen molar-refractivity contribution in [3.63, 3.8) is 0 Å². The van der Waals surface area contributed by atoms with E-state index in [9.17, 15) is 8.42 Å². The first-order chi connectivity index (χ1) is 7.66. The van der Waals surface area contributed by atoms with Crippen LogP contribution < -0.4 is 0 Å². The molecule has 0 unspecified atom stereocenters. The van der Waals surface area contributed by atoms with Crippen molar-refractivity contribution in [3.8, 4) is 0 Å². The van der Waals surface area contributed by atoms with Gasteiger partial charge in [-0.05, 0) is 18.1 Å². The Kier molecular flexibility index (Phi) is 5.63. The molecule has 0 aliphatic rings. The van der Waals surface area contributed by atoms with Crippen LogP contribution in [0.15, 0.2) is 0 Å². The van der Waals surface area contributed by atoms with Gasteiger partial charge >= 0.3 is 0 Å². The van der Waals surface area contributed by atoms with Crippen LogP contribution in [0.4, 0.5) is 0 Å². The van der Waals surface area contributed by atoms with E-state index < -0.39 is 18.4 Å². The Morgan fingerprint density at radius 1 is 1.00 bits per heavy atom. The maximum Gasteiger partial charge on any atom is 0.264 e. The lowest BCUT2D eigenvalue weighted by molar-refractivity contribution is 0.106. The van der Waals surface area contributed by atoms with Crippen molar-refractivity contribution < 1.29 is 17.0 Å². The quantitative estimate of drug-likeness (QED) is 0.558. The summed E-state index contributed by atoms with van der Waals surface area (Å²) in [5.41, 5.74) is -0.307. The smallest absolute Gasteiger partial charge is 0.264 e. The van der Waals surface area contributed by atoms with Gasteiger partial charge in [0.25, 0.3) is 10.1 Å². The number of hydrogen-bond acceptors (Lipinski definition) is 4. The van der Waals surface area contributed by atoms with Gasteiger partial charge in [-0.3, -0.25) is 4.18 Å². The molecule has 0 heterocycles. The molecule has 0 aliphatic carbocycles. The van der Waals surface area contributed by atoms with Gasteiger partial charge in [-0.15, -0.1) is 0 Å². The molecule has 0 atom stereocenters. The van der Waals surface area contributed by atoms with Gasteiger partial charge in [0.2, 0.25) is 0 Å². The summed E-state index contributed by atoms with van der Waals surface area (Å²) in [6.45, 7) is 15.5. The molecule has 4 nitrogen and oxygen atoms in total. The van der Waals surface area contributed by atoms with Crippen molar-refractivity contribution in [1.82, 2.24) is 0 Å². The predicted molar refractivity (Wildman–Crippen MR) is 77.7 cm³/mol. The van der Waals surface area contributed by atoms with E-state index in [-0.39, 0.29) is 17.1 Å². The van der Waals surface area contributed by atoms with Crippen LogP contribution in [0.2, 0.25) is 18.1 Å². The molecule has 0 rings (SSSR count). The summed E-state index contributed by atoms with van der Waals surface area (Å²) in [7, 11) is -5.18. The molecule has 6 heteroatoms. The first-order valence-corrected chi connectivity index (χ1v) is 10.9. The normalized spacial score (nSPS) is 14.9. The zero-order chi connectivity index (χ0) is 14.8. The van der Waals surface area contributed by atoms with Crippen LogP contribution in [0, 0.1) is 5.41 Å². The summed E-state index contributed by atoms with van der Waals surface area (Å²) in [6, 6.07) is 0. The number of hydrogen-bond donors (Lipinski definition) is 0. The molecule has 18 heavy (non-hydrogen) atoms. The third kappa shape index (κ3) is 6.87. The van der Waals surface area contributed by atoms with E-state index in [1.54, 1.807) is 0 Å². The molecule has 0 saturated carbocycles. The van der Waals surface area contributed by atoms with Crippen molar-refractivity contribution in [1.29, 1.82) is 0 Å². The molecular weight excluding hydrogens is 268 g/mol. The average molecular weight is 297 g/mol. The van der Waals surface area contributed by atoms with E-state index in [1.165, 1.54) is 0 Å². The Morgan fingerprint density at radius 2 is 1.44 bits per heavy atom. The minimum atomic E-state index is -3.38. The van der Waals surface area contributed by atoms with Gasteiger partial charge in [-0.2, -0.15) is 8.42 Å². The molecule has 0 aliphatic heterocycles. The van der Waals surface area contributed by atoms with Crippen molar-refractivity contribution in [3.05, 3.63) is 0 Å². The fourth-order valence-electron chi connectivity index (χ4n) is 0.901. The second-order valence-electron chi connectivity index (χ2n) is 7.18. The van der Waals surface area contributed by atoms with E-state index in [4.69, 9.17) is 8.61 Å². The second-order valence-corrected chi connectivity index (χ2v) is 13.6. The Balaban J connectivity index is 4.44. The highest BCUT2D eigenvalue weighted by atomic mass is 32.2. The van der Waals surface area contributed by atoms with Gasteiger partial charge < -0.3 is 4.43 Å². The van der Waals surface area contributed by atoms with Crippen LogP contribution >= 0.6 is 0 Å². The van der Waals surface area contributed by atoms with Crippen molar-refractivity contribution in [2.75, 3.05) is 19.5 Å². The zero-order valence-corrected chi connectivity index (χ0v) is 14.8. The van der Waals surface area contributed by atoms with Gasteiger partial charge in [-0.25, -0.2) is 0 Å². The molecule has 0 aromatic heterocycles. The lowest BCUT2D eigenvalue weighted by atomic mass is 9.97. The molecule has 0 spiro atoms. The molecule has 0 amide bonds. The molecule has 0 N–H and O–H groups in total. The predicted octanol–water partition coefficient (Wildman–Crippen LogP) is 3.01. The summed E-state index contributed by atoms with van der Waals surface area (Å²) in [4.78, 5) is 0. The van der Waals surface area contributed by atoms with Crippen LogP contribution in [0.3, 0.4) is 0 Å². The van der Waals surface area contributed by atoms with Crippen molar-refractivity contribution in [2.45, 2.75) is 52.8 Å². The van der Waals surface area contributed by atoms with Crippen LogP contribution in [-0.4, -0.2) is 36.2 Å². The summed E-state index contributed by atoms with van der Waals surface area (Å²) in [5, 5.41) is 0.154. The van der Waals surface area contributed by atoms with Gasteiger partial charge in [0.05, 0.1) is 12.9 Å². The lowest BCUT2D eigenvalue weighted by Gasteiger charge is -2.38. The third-order valence-corrected chi connectivity index (χ3v) is 8.32.